The highest BCUT2D eigenvalue weighted by molar-refractivity contribution is 6.35. The Morgan fingerprint density at radius 2 is 1.88 bits per heavy atom. The maximum Gasteiger partial charge on any atom is 0.267 e. The summed E-state index contributed by atoms with van der Waals surface area (Å²) in [5.74, 6) is -0.479. The minimum absolute atomic E-state index is 0.0982. The van der Waals surface area contributed by atoms with Crippen LogP contribution in [0.25, 0.3) is 0 Å². The molecule has 24 heavy (non-hydrogen) atoms. The van der Waals surface area contributed by atoms with E-state index in [0.29, 0.717) is 27.0 Å². The SMILES string of the molecule is Cc1cc(O)ccc1NC(=O)/C(C#N)=C\Nc1cc(Cl)cc(Cl)c1. The van der Waals surface area contributed by atoms with Crippen molar-refractivity contribution in [3.63, 3.8) is 0 Å². The van der Waals surface area contributed by atoms with Crippen molar-refractivity contribution in [1.82, 2.24) is 0 Å². The lowest BCUT2D eigenvalue weighted by molar-refractivity contribution is -0.112. The second-order valence-electron chi connectivity index (χ2n) is 4.93. The molecule has 0 bridgehead atoms. The molecule has 0 radical (unpaired) electrons. The molecule has 122 valence electrons. The molecular formula is C17H13Cl2N3O2. The smallest absolute Gasteiger partial charge is 0.267 e. The van der Waals surface area contributed by atoms with Gasteiger partial charge in [0.2, 0.25) is 0 Å². The van der Waals surface area contributed by atoms with E-state index in [1.54, 1.807) is 31.2 Å². The van der Waals surface area contributed by atoms with Crippen LogP contribution < -0.4 is 10.6 Å². The fourth-order valence-electron chi connectivity index (χ4n) is 1.92. The zero-order valence-electron chi connectivity index (χ0n) is 12.6. The van der Waals surface area contributed by atoms with Gasteiger partial charge in [-0.05, 0) is 48.9 Å². The molecule has 2 aromatic carbocycles. The Balaban J connectivity index is 2.15. The Labute approximate surface area is 149 Å². The number of nitriles is 1. The number of rotatable bonds is 4. The first kappa shape index (κ1) is 17.7. The lowest BCUT2D eigenvalue weighted by atomic mass is 10.2. The third-order valence-corrected chi connectivity index (χ3v) is 3.51. The molecule has 0 aromatic heterocycles. The summed E-state index contributed by atoms with van der Waals surface area (Å²) in [7, 11) is 0. The molecule has 7 heteroatoms. The molecule has 1 amide bonds. The van der Waals surface area contributed by atoms with Gasteiger partial charge in [-0.3, -0.25) is 4.79 Å². The van der Waals surface area contributed by atoms with Crippen LogP contribution in [0.3, 0.4) is 0 Å². The maximum atomic E-state index is 12.2. The highest BCUT2D eigenvalue weighted by atomic mass is 35.5. The number of carbonyl (C=O) groups excluding carboxylic acids is 1. The van der Waals surface area contributed by atoms with Gasteiger partial charge in [-0.15, -0.1) is 0 Å². The van der Waals surface area contributed by atoms with E-state index in [2.05, 4.69) is 10.6 Å². The van der Waals surface area contributed by atoms with Crippen molar-refractivity contribution in [3.8, 4) is 11.8 Å². The summed E-state index contributed by atoms with van der Waals surface area (Å²) < 4.78 is 0. The van der Waals surface area contributed by atoms with E-state index >= 15 is 0 Å². The summed E-state index contributed by atoms with van der Waals surface area (Å²) in [6, 6.07) is 11.1. The van der Waals surface area contributed by atoms with Crippen molar-refractivity contribution in [2.24, 2.45) is 0 Å². The molecule has 3 N–H and O–H groups in total. The molecule has 0 aliphatic carbocycles. The molecule has 0 fully saturated rings. The number of halogens is 2. The van der Waals surface area contributed by atoms with Crippen LogP contribution >= 0.6 is 23.2 Å². The molecule has 0 saturated carbocycles. The maximum absolute atomic E-state index is 12.2. The van der Waals surface area contributed by atoms with Gasteiger partial charge in [0, 0.05) is 27.6 Å². The Morgan fingerprint density at radius 3 is 2.46 bits per heavy atom. The monoisotopic (exact) mass is 361 g/mol. The molecule has 2 rings (SSSR count). The van der Waals surface area contributed by atoms with Gasteiger partial charge >= 0.3 is 0 Å². The van der Waals surface area contributed by atoms with Gasteiger partial charge < -0.3 is 15.7 Å². The minimum Gasteiger partial charge on any atom is -0.508 e. The molecule has 0 aliphatic heterocycles. The topological polar surface area (TPSA) is 85.2 Å². The van der Waals surface area contributed by atoms with Gasteiger partial charge in [0.15, 0.2) is 0 Å². The predicted molar refractivity (Wildman–Crippen MR) is 95.3 cm³/mol. The van der Waals surface area contributed by atoms with Crippen LogP contribution in [0, 0.1) is 18.3 Å². The van der Waals surface area contributed by atoms with Gasteiger partial charge in [0.25, 0.3) is 5.91 Å². The summed E-state index contributed by atoms with van der Waals surface area (Å²) in [6.45, 7) is 1.73. The second-order valence-corrected chi connectivity index (χ2v) is 5.80. The number of nitrogens with one attached hydrogen (secondary N) is 2. The summed E-state index contributed by atoms with van der Waals surface area (Å²) in [4.78, 5) is 12.2. The standard InChI is InChI=1S/C17H13Cl2N3O2/c1-10-4-15(23)2-3-16(10)22-17(24)11(8-20)9-21-14-6-12(18)5-13(19)7-14/h2-7,9,21,23H,1H3,(H,22,24)/b11-9-. The average molecular weight is 362 g/mol. The van der Waals surface area contributed by atoms with Crippen LogP contribution in [-0.2, 0) is 4.79 Å². The molecule has 2 aromatic rings. The first-order valence-corrected chi connectivity index (χ1v) is 7.58. The van der Waals surface area contributed by atoms with Crippen LogP contribution in [0.5, 0.6) is 5.75 Å². The molecule has 0 unspecified atom stereocenters. The van der Waals surface area contributed by atoms with Gasteiger partial charge in [-0.2, -0.15) is 5.26 Å². The second kappa shape index (κ2) is 7.73. The third kappa shape index (κ3) is 4.66. The number of hydrogen-bond acceptors (Lipinski definition) is 4. The summed E-state index contributed by atoms with van der Waals surface area (Å²) >= 11 is 11.8. The Hall–Kier alpha value is -2.68. The summed E-state index contributed by atoms with van der Waals surface area (Å²) in [5.41, 5.74) is 1.60. The van der Waals surface area contributed by atoms with E-state index in [0.717, 1.165) is 0 Å². The number of amides is 1. The number of carbonyl (C=O) groups is 1. The quantitative estimate of drug-likeness (QED) is 0.426. The number of phenols is 1. The van der Waals surface area contributed by atoms with E-state index in [-0.39, 0.29) is 11.3 Å². The van der Waals surface area contributed by atoms with E-state index < -0.39 is 5.91 Å². The first-order valence-electron chi connectivity index (χ1n) is 6.83. The van der Waals surface area contributed by atoms with Gasteiger partial charge in [-0.25, -0.2) is 0 Å². The van der Waals surface area contributed by atoms with E-state index in [9.17, 15) is 9.90 Å². The van der Waals surface area contributed by atoms with Crippen LogP contribution in [0.4, 0.5) is 11.4 Å². The highest BCUT2D eigenvalue weighted by Gasteiger charge is 2.11. The summed E-state index contributed by atoms with van der Waals surface area (Å²) in [6.07, 6.45) is 1.27. The number of aryl methyl sites for hydroxylation is 1. The third-order valence-electron chi connectivity index (χ3n) is 3.07. The number of phenolic OH excluding ortho intramolecular Hbond substituents is 1. The Kier molecular flexibility index (Phi) is 5.69. The molecule has 0 atom stereocenters. The van der Waals surface area contributed by atoms with Crippen molar-refractivity contribution >= 4 is 40.5 Å². The van der Waals surface area contributed by atoms with E-state index in [4.69, 9.17) is 28.5 Å². The molecule has 0 spiro atoms. The largest absolute Gasteiger partial charge is 0.508 e. The molecule has 5 nitrogen and oxygen atoms in total. The lowest BCUT2D eigenvalue weighted by Crippen LogP contribution is -2.15. The number of benzene rings is 2. The van der Waals surface area contributed by atoms with Gasteiger partial charge in [-0.1, -0.05) is 23.2 Å². The zero-order valence-corrected chi connectivity index (χ0v) is 14.1. The predicted octanol–water partition coefficient (Wildman–Crippen LogP) is 4.47. The van der Waals surface area contributed by atoms with E-state index in [1.807, 2.05) is 6.07 Å². The van der Waals surface area contributed by atoms with Crippen LogP contribution in [0.15, 0.2) is 48.2 Å². The zero-order chi connectivity index (χ0) is 17.7. The molecular weight excluding hydrogens is 349 g/mol. The fourth-order valence-corrected chi connectivity index (χ4v) is 2.45. The van der Waals surface area contributed by atoms with Crippen LogP contribution in [0.1, 0.15) is 5.56 Å². The molecule has 0 aliphatic rings. The van der Waals surface area contributed by atoms with Gasteiger partial charge in [0.05, 0.1) is 0 Å². The van der Waals surface area contributed by atoms with E-state index in [1.165, 1.54) is 18.3 Å². The van der Waals surface area contributed by atoms with Crippen molar-refractivity contribution in [1.29, 1.82) is 5.26 Å². The number of nitrogens with zero attached hydrogens (tertiary/aromatic N) is 1. The van der Waals surface area contributed by atoms with Crippen molar-refractivity contribution in [2.45, 2.75) is 6.92 Å². The van der Waals surface area contributed by atoms with Crippen LogP contribution in [0.2, 0.25) is 10.0 Å². The number of anilines is 2. The lowest BCUT2D eigenvalue weighted by Gasteiger charge is -2.08. The minimum atomic E-state index is -0.577. The van der Waals surface area contributed by atoms with Crippen LogP contribution in [-0.4, -0.2) is 11.0 Å². The Bertz CT molecular complexity index is 837. The van der Waals surface area contributed by atoms with Gasteiger partial charge in [0.1, 0.15) is 17.4 Å². The molecule has 0 saturated heterocycles. The highest BCUT2D eigenvalue weighted by Crippen LogP contribution is 2.23. The van der Waals surface area contributed by atoms with Crippen molar-refractivity contribution < 1.29 is 9.90 Å². The number of aromatic hydroxyl groups is 1. The fraction of sp³-hybridized carbons (Fsp3) is 0.0588. The first-order chi connectivity index (χ1) is 11.4. The van der Waals surface area contributed by atoms with Crippen molar-refractivity contribution in [2.75, 3.05) is 10.6 Å². The van der Waals surface area contributed by atoms with Crippen molar-refractivity contribution in [3.05, 3.63) is 63.8 Å². The summed E-state index contributed by atoms with van der Waals surface area (Å²) in [5, 5.41) is 24.8. The molecule has 0 heterocycles. The number of hydrogen-bond donors (Lipinski definition) is 3. The average Bonchev–Trinajstić information content (AvgIpc) is 2.50. The normalized spacial score (nSPS) is 10.8. The Morgan fingerprint density at radius 1 is 1.21 bits per heavy atom.